The minimum absolute atomic E-state index is 0.0971. The van der Waals surface area contributed by atoms with Crippen LogP contribution in [0.5, 0.6) is 0 Å². The van der Waals surface area contributed by atoms with Gasteiger partial charge in [0.05, 0.1) is 0 Å². The molecule has 1 heterocycles. The Labute approximate surface area is 115 Å². The number of carbonyl (C=O) groups excluding carboxylic acids is 2. The second-order valence-corrected chi connectivity index (χ2v) is 5.55. The number of hydrogen-bond acceptors (Lipinski definition) is 3. The minimum atomic E-state index is -0.356. The van der Waals surface area contributed by atoms with Crippen LogP contribution in [0.4, 0.5) is 0 Å². The maximum absolute atomic E-state index is 12.0. The number of thiol groups is 1. The molecule has 0 bridgehead atoms. The van der Waals surface area contributed by atoms with Crippen LogP contribution in [0.3, 0.4) is 0 Å². The Bertz CT molecular complexity index is 307. The molecule has 18 heavy (non-hydrogen) atoms. The molecule has 1 unspecified atom stereocenters. The SMILES string of the molecule is CCCC(CS)CN1CCN(C(C)C)C(=O)C1=O. The number of amides is 2. The molecular weight excluding hydrogens is 248 g/mol. The molecule has 0 N–H and O–H groups in total. The number of hydrogen-bond donors (Lipinski definition) is 1. The van der Waals surface area contributed by atoms with Gasteiger partial charge in [-0.25, -0.2) is 0 Å². The average Bonchev–Trinajstić information content (AvgIpc) is 2.33. The monoisotopic (exact) mass is 272 g/mol. The lowest BCUT2D eigenvalue weighted by Crippen LogP contribution is -2.57. The fourth-order valence-corrected chi connectivity index (χ4v) is 2.61. The zero-order chi connectivity index (χ0) is 13.7. The van der Waals surface area contributed by atoms with Crippen molar-refractivity contribution in [2.24, 2.45) is 5.92 Å². The van der Waals surface area contributed by atoms with Crippen LogP contribution in [0.2, 0.25) is 0 Å². The number of nitrogens with zero attached hydrogens (tertiary/aromatic N) is 2. The zero-order valence-electron chi connectivity index (χ0n) is 11.6. The number of carbonyl (C=O) groups is 2. The van der Waals surface area contributed by atoms with Gasteiger partial charge in [-0.15, -0.1) is 0 Å². The van der Waals surface area contributed by atoms with E-state index in [1.54, 1.807) is 9.80 Å². The normalized spacial score (nSPS) is 18.7. The van der Waals surface area contributed by atoms with Gasteiger partial charge in [-0.2, -0.15) is 12.6 Å². The maximum Gasteiger partial charge on any atom is 0.312 e. The van der Waals surface area contributed by atoms with E-state index in [0.29, 0.717) is 25.6 Å². The van der Waals surface area contributed by atoms with E-state index in [1.165, 1.54) is 0 Å². The van der Waals surface area contributed by atoms with Crippen LogP contribution in [0.25, 0.3) is 0 Å². The highest BCUT2D eigenvalue weighted by Gasteiger charge is 2.34. The maximum atomic E-state index is 12.0. The van der Waals surface area contributed by atoms with Crippen molar-refractivity contribution in [2.75, 3.05) is 25.4 Å². The van der Waals surface area contributed by atoms with Gasteiger partial charge in [0.25, 0.3) is 0 Å². The van der Waals surface area contributed by atoms with Gasteiger partial charge >= 0.3 is 11.8 Å². The molecule has 4 nitrogen and oxygen atoms in total. The molecule has 1 fully saturated rings. The van der Waals surface area contributed by atoms with Gasteiger partial charge in [0.1, 0.15) is 0 Å². The highest BCUT2D eigenvalue weighted by Crippen LogP contribution is 2.15. The topological polar surface area (TPSA) is 40.6 Å². The van der Waals surface area contributed by atoms with E-state index in [-0.39, 0.29) is 17.9 Å². The Morgan fingerprint density at radius 2 is 1.89 bits per heavy atom. The third kappa shape index (κ3) is 3.64. The summed E-state index contributed by atoms with van der Waals surface area (Å²) in [6, 6.07) is 0.0971. The van der Waals surface area contributed by atoms with E-state index in [1.807, 2.05) is 13.8 Å². The Kier molecular flexibility index (Phi) is 5.99. The van der Waals surface area contributed by atoms with Crippen molar-refractivity contribution in [1.82, 2.24) is 9.80 Å². The van der Waals surface area contributed by atoms with Crippen molar-refractivity contribution in [1.29, 1.82) is 0 Å². The molecule has 1 rings (SSSR count). The third-order valence-electron chi connectivity index (χ3n) is 3.40. The van der Waals surface area contributed by atoms with Crippen LogP contribution in [-0.4, -0.2) is 53.0 Å². The largest absolute Gasteiger partial charge is 0.332 e. The molecule has 104 valence electrons. The molecule has 1 aliphatic rings. The van der Waals surface area contributed by atoms with Gasteiger partial charge in [-0.3, -0.25) is 9.59 Å². The summed E-state index contributed by atoms with van der Waals surface area (Å²) >= 11 is 4.32. The molecule has 2 amide bonds. The molecule has 0 saturated carbocycles. The Morgan fingerprint density at radius 1 is 1.22 bits per heavy atom. The van der Waals surface area contributed by atoms with Gasteiger partial charge in [0.2, 0.25) is 0 Å². The van der Waals surface area contributed by atoms with Crippen LogP contribution in [-0.2, 0) is 9.59 Å². The van der Waals surface area contributed by atoms with E-state index in [4.69, 9.17) is 0 Å². The van der Waals surface area contributed by atoms with E-state index >= 15 is 0 Å². The van der Waals surface area contributed by atoms with Crippen molar-refractivity contribution in [2.45, 2.75) is 39.7 Å². The molecule has 0 aromatic rings. The summed E-state index contributed by atoms with van der Waals surface area (Å²) in [6.07, 6.45) is 2.13. The summed E-state index contributed by atoms with van der Waals surface area (Å²) in [7, 11) is 0. The van der Waals surface area contributed by atoms with Crippen molar-refractivity contribution < 1.29 is 9.59 Å². The zero-order valence-corrected chi connectivity index (χ0v) is 12.4. The highest BCUT2D eigenvalue weighted by molar-refractivity contribution is 7.80. The van der Waals surface area contributed by atoms with Crippen LogP contribution in [0.1, 0.15) is 33.6 Å². The fraction of sp³-hybridized carbons (Fsp3) is 0.846. The van der Waals surface area contributed by atoms with Gasteiger partial charge in [0.15, 0.2) is 0 Å². The molecule has 0 aromatic heterocycles. The summed E-state index contributed by atoms with van der Waals surface area (Å²) < 4.78 is 0. The lowest BCUT2D eigenvalue weighted by molar-refractivity contribution is -0.157. The van der Waals surface area contributed by atoms with Crippen molar-refractivity contribution in [3.05, 3.63) is 0 Å². The highest BCUT2D eigenvalue weighted by atomic mass is 32.1. The Balaban J connectivity index is 2.60. The van der Waals surface area contributed by atoms with Crippen LogP contribution >= 0.6 is 12.6 Å². The second kappa shape index (κ2) is 7.02. The smallest absolute Gasteiger partial charge is 0.312 e. The van der Waals surface area contributed by atoms with Crippen LogP contribution in [0, 0.1) is 5.92 Å². The lowest BCUT2D eigenvalue weighted by atomic mass is 10.0. The summed E-state index contributed by atoms with van der Waals surface area (Å²) in [5, 5.41) is 0. The van der Waals surface area contributed by atoms with Gasteiger partial charge in [0, 0.05) is 25.7 Å². The van der Waals surface area contributed by atoms with Crippen molar-refractivity contribution in [3.63, 3.8) is 0 Å². The standard InChI is InChI=1S/C13H24N2O2S/c1-4-5-11(9-18)8-14-6-7-15(10(2)3)13(17)12(14)16/h10-11,18H,4-9H2,1-3H3. The quantitative estimate of drug-likeness (QED) is 0.587. The van der Waals surface area contributed by atoms with E-state index in [0.717, 1.165) is 18.6 Å². The Hall–Kier alpha value is -0.710. The molecule has 0 spiro atoms. The summed E-state index contributed by atoms with van der Waals surface area (Å²) in [6.45, 7) is 7.96. The van der Waals surface area contributed by atoms with E-state index < -0.39 is 0 Å². The number of rotatable bonds is 6. The Morgan fingerprint density at radius 3 is 2.39 bits per heavy atom. The van der Waals surface area contributed by atoms with Gasteiger partial charge in [-0.1, -0.05) is 13.3 Å². The third-order valence-corrected chi connectivity index (χ3v) is 3.92. The summed E-state index contributed by atoms with van der Waals surface area (Å²) in [5.41, 5.74) is 0. The molecule has 0 aliphatic carbocycles. The summed E-state index contributed by atoms with van der Waals surface area (Å²) in [5.74, 6) is 0.448. The molecule has 1 aliphatic heterocycles. The van der Waals surface area contributed by atoms with Crippen molar-refractivity contribution >= 4 is 24.4 Å². The van der Waals surface area contributed by atoms with Crippen LogP contribution in [0.15, 0.2) is 0 Å². The minimum Gasteiger partial charge on any atom is -0.332 e. The molecule has 0 aromatic carbocycles. The predicted octanol–water partition coefficient (Wildman–Crippen LogP) is 1.41. The van der Waals surface area contributed by atoms with Crippen molar-refractivity contribution in [3.8, 4) is 0 Å². The van der Waals surface area contributed by atoms with Gasteiger partial charge < -0.3 is 9.80 Å². The average molecular weight is 272 g/mol. The number of piperazine rings is 1. The fourth-order valence-electron chi connectivity index (χ4n) is 2.32. The van der Waals surface area contributed by atoms with Gasteiger partial charge in [-0.05, 0) is 31.9 Å². The first kappa shape index (κ1) is 15.3. The molecule has 1 atom stereocenters. The first-order valence-electron chi connectivity index (χ1n) is 6.72. The molecule has 5 heteroatoms. The molecule has 0 radical (unpaired) electrons. The second-order valence-electron chi connectivity index (χ2n) is 5.18. The molecular formula is C13H24N2O2S. The predicted molar refractivity (Wildman–Crippen MR) is 75.7 cm³/mol. The lowest BCUT2D eigenvalue weighted by Gasteiger charge is -2.37. The van der Waals surface area contributed by atoms with E-state index in [9.17, 15) is 9.59 Å². The summed E-state index contributed by atoms with van der Waals surface area (Å²) in [4.78, 5) is 27.3. The molecule has 1 saturated heterocycles. The first-order chi connectivity index (χ1) is 8.51. The van der Waals surface area contributed by atoms with Crippen LogP contribution < -0.4 is 0 Å². The van der Waals surface area contributed by atoms with E-state index in [2.05, 4.69) is 19.6 Å². The first-order valence-corrected chi connectivity index (χ1v) is 7.35.